The molecule has 0 aromatic heterocycles. The lowest BCUT2D eigenvalue weighted by atomic mass is 9.77. The van der Waals surface area contributed by atoms with E-state index in [0.717, 1.165) is 13.0 Å². The Kier molecular flexibility index (Phi) is 2.37. The van der Waals surface area contributed by atoms with Gasteiger partial charge < -0.3 is 10.0 Å². The summed E-state index contributed by atoms with van der Waals surface area (Å²) in [6.45, 7) is 1.09. The molecule has 1 N–H and O–H groups in total. The standard InChI is InChI=1S/C10H19NO/c1-11-7-6-10(12)8-4-2-3-5-9(8)11/h8-10,12H,2-7H2,1H3/t8-,9-,10+/m0/s1. The highest BCUT2D eigenvalue weighted by molar-refractivity contribution is 4.90. The van der Waals surface area contributed by atoms with Crippen molar-refractivity contribution in [2.24, 2.45) is 5.92 Å². The number of piperidine rings is 1. The third-order valence-corrected chi connectivity index (χ3v) is 3.62. The predicted octanol–water partition coefficient (Wildman–Crippen LogP) is 1.24. The van der Waals surface area contributed by atoms with Crippen LogP contribution >= 0.6 is 0 Å². The van der Waals surface area contributed by atoms with Gasteiger partial charge in [-0.25, -0.2) is 0 Å². The SMILES string of the molecule is CN1CC[C@@H](O)[C@H]2CCCC[C@@H]21. The third kappa shape index (κ3) is 1.38. The largest absolute Gasteiger partial charge is 0.393 e. The number of aliphatic hydroxyl groups is 1. The van der Waals surface area contributed by atoms with Gasteiger partial charge in [0, 0.05) is 18.5 Å². The molecule has 0 aromatic rings. The Labute approximate surface area is 74.6 Å². The van der Waals surface area contributed by atoms with E-state index in [0.29, 0.717) is 12.0 Å². The summed E-state index contributed by atoms with van der Waals surface area (Å²) in [5, 5.41) is 9.80. The Morgan fingerprint density at radius 2 is 1.92 bits per heavy atom. The Morgan fingerprint density at radius 3 is 2.67 bits per heavy atom. The van der Waals surface area contributed by atoms with Crippen LogP contribution in [0.25, 0.3) is 0 Å². The molecule has 12 heavy (non-hydrogen) atoms. The maximum atomic E-state index is 9.80. The molecule has 70 valence electrons. The molecule has 0 radical (unpaired) electrons. The van der Waals surface area contributed by atoms with Gasteiger partial charge in [0.1, 0.15) is 0 Å². The molecule has 0 bridgehead atoms. The number of likely N-dealkylation sites (tertiary alicyclic amines) is 1. The van der Waals surface area contributed by atoms with Crippen LogP contribution in [0.1, 0.15) is 32.1 Å². The van der Waals surface area contributed by atoms with Crippen molar-refractivity contribution in [2.75, 3.05) is 13.6 Å². The lowest BCUT2D eigenvalue weighted by Crippen LogP contribution is -2.50. The number of fused-ring (bicyclic) bond motifs is 1. The number of aliphatic hydroxyl groups excluding tert-OH is 1. The normalized spacial score (nSPS) is 44.0. The molecule has 2 fully saturated rings. The predicted molar refractivity (Wildman–Crippen MR) is 49.0 cm³/mol. The van der Waals surface area contributed by atoms with E-state index in [1.165, 1.54) is 25.7 Å². The summed E-state index contributed by atoms with van der Waals surface area (Å²) in [5.74, 6) is 0.581. The number of rotatable bonds is 0. The van der Waals surface area contributed by atoms with E-state index in [1.54, 1.807) is 0 Å². The van der Waals surface area contributed by atoms with Gasteiger partial charge in [-0.15, -0.1) is 0 Å². The monoisotopic (exact) mass is 169 g/mol. The molecule has 2 aliphatic rings. The van der Waals surface area contributed by atoms with E-state index in [9.17, 15) is 5.11 Å². The van der Waals surface area contributed by atoms with Crippen LogP contribution in [0.4, 0.5) is 0 Å². The van der Waals surface area contributed by atoms with Crippen molar-refractivity contribution in [2.45, 2.75) is 44.2 Å². The molecule has 1 saturated heterocycles. The molecule has 0 unspecified atom stereocenters. The van der Waals surface area contributed by atoms with Crippen LogP contribution in [0, 0.1) is 5.92 Å². The number of hydrogen-bond acceptors (Lipinski definition) is 2. The van der Waals surface area contributed by atoms with Crippen molar-refractivity contribution in [3.8, 4) is 0 Å². The van der Waals surface area contributed by atoms with E-state index < -0.39 is 0 Å². The molecule has 0 spiro atoms. The van der Waals surface area contributed by atoms with Crippen molar-refractivity contribution < 1.29 is 5.11 Å². The highest BCUT2D eigenvalue weighted by Gasteiger charge is 2.36. The summed E-state index contributed by atoms with van der Waals surface area (Å²) in [5.41, 5.74) is 0. The summed E-state index contributed by atoms with van der Waals surface area (Å²) in [4.78, 5) is 2.44. The van der Waals surface area contributed by atoms with E-state index >= 15 is 0 Å². The van der Waals surface area contributed by atoms with Crippen LogP contribution in [-0.2, 0) is 0 Å². The van der Waals surface area contributed by atoms with Crippen molar-refractivity contribution >= 4 is 0 Å². The van der Waals surface area contributed by atoms with E-state index in [2.05, 4.69) is 11.9 Å². The maximum absolute atomic E-state index is 9.80. The van der Waals surface area contributed by atoms with Crippen LogP contribution in [0.5, 0.6) is 0 Å². The first-order valence-corrected chi connectivity index (χ1v) is 5.17. The summed E-state index contributed by atoms with van der Waals surface area (Å²) in [7, 11) is 2.20. The number of hydrogen-bond donors (Lipinski definition) is 1. The second-order valence-corrected chi connectivity index (χ2v) is 4.35. The van der Waals surface area contributed by atoms with Crippen LogP contribution < -0.4 is 0 Å². The van der Waals surface area contributed by atoms with E-state index in [4.69, 9.17) is 0 Å². The highest BCUT2D eigenvalue weighted by Crippen LogP contribution is 2.34. The zero-order chi connectivity index (χ0) is 8.55. The molecule has 1 heterocycles. The highest BCUT2D eigenvalue weighted by atomic mass is 16.3. The van der Waals surface area contributed by atoms with Crippen LogP contribution in [-0.4, -0.2) is 35.7 Å². The van der Waals surface area contributed by atoms with Gasteiger partial charge in [-0.05, 0) is 26.3 Å². The molecular formula is C10H19NO. The van der Waals surface area contributed by atoms with Crippen molar-refractivity contribution in [1.29, 1.82) is 0 Å². The minimum Gasteiger partial charge on any atom is -0.393 e. The minimum absolute atomic E-state index is 0.00787. The lowest BCUT2D eigenvalue weighted by Gasteiger charge is -2.44. The molecule has 3 atom stereocenters. The average molecular weight is 169 g/mol. The molecule has 0 aromatic carbocycles. The topological polar surface area (TPSA) is 23.5 Å². The van der Waals surface area contributed by atoms with Crippen LogP contribution in [0.2, 0.25) is 0 Å². The van der Waals surface area contributed by atoms with Gasteiger partial charge in [0.25, 0.3) is 0 Å². The van der Waals surface area contributed by atoms with Gasteiger partial charge in [0.2, 0.25) is 0 Å². The molecule has 1 saturated carbocycles. The lowest BCUT2D eigenvalue weighted by molar-refractivity contribution is -0.0250. The summed E-state index contributed by atoms with van der Waals surface area (Å²) in [6.07, 6.45) is 6.21. The molecule has 1 aliphatic carbocycles. The van der Waals surface area contributed by atoms with Crippen molar-refractivity contribution in [3.05, 3.63) is 0 Å². The molecule has 1 aliphatic heterocycles. The first-order chi connectivity index (χ1) is 5.79. The average Bonchev–Trinajstić information content (AvgIpc) is 2.12. The van der Waals surface area contributed by atoms with Gasteiger partial charge in [0.05, 0.1) is 6.10 Å². The van der Waals surface area contributed by atoms with Gasteiger partial charge in [-0.3, -0.25) is 0 Å². The second kappa shape index (κ2) is 3.35. The Morgan fingerprint density at radius 1 is 1.17 bits per heavy atom. The second-order valence-electron chi connectivity index (χ2n) is 4.35. The fourth-order valence-electron chi connectivity index (χ4n) is 2.85. The molecule has 2 nitrogen and oxygen atoms in total. The maximum Gasteiger partial charge on any atom is 0.0595 e. The fourth-order valence-corrected chi connectivity index (χ4v) is 2.85. The molecule has 2 heteroatoms. The smallest absolute Gasteiger partial charge is 0.0595 e. The van der Waals surface area contributed by atoms with Crippen LogP contribution in [0.3, 0.4) is 0 Å². The molecular weight excluding hydrogens is 150 g/mol. The zero-order valence-electron chi connectivity index (χ0n) is 7.87. The third-order valence-electron chi connectivity index (χ3n) is 3.62. The van der Waals surface area contributed by atoms with Gasteiger partial charge in [0.15, 0.2) is 0 Å². The summed E-state index contributed by atoms with van der Waals surface area (Å²) < 4.78 is 0. The van der Waals surface area contributed by atoms with Gasteiger partial charge in [-0.1, -0.05) is 12.8 Å². The first kappa shape index (κ1) is 8.52. The summed E-state index contributed by atoms with van der Waals surface area (Å²) in [6, 6.07) is 0.683. The van der Waals surface area contributed by atoms with Crippen molar-refractivity contribution in [1.82, 2.24) is 4.90 Å². The van der Waals surface area contributed by atoms with Crippen molar-refractivity contribution in [3.63, 3.8) is 0 Å². The van der Waals surface area contributed by atoms with Crippen LogP contribution in [0.15, 0.2) is 0 Å². The fraction of sp³-hybridized carbons (Fsp3) is 1.00. The summed E-state index contributed by atoms with van der Waals surface area (Å²) >= 11 is 0. The minimum atomic E-state index is -0.00787. The van der Waals surface area contributed by atoms with E-state index in [-0.39, 0.29) is 6.10 Å². The molecule has 2 rings (SSSR count). The van der Waals surface area contributed by atoms with Gasteiger partial charge >= 0.3 is 0 Å². The zero-order valence-corrected chi connectivity index (χ0v) is 7.87. The van der Waals surface area contributed by atoms with E-state index in [1.807, 2.05) is 0 Å². The Balaban J connectivity index is 2.05. The quantitative estimate of drug-likeness (QED) is 0.590. The number of nitrogens with zero attached hydrogens (tertiary/aromatic N) is 1. The Bertz CT molecular complexity index is 142. The first-order valence-electron chi connectivity index (χ1n) is 5.17. The Hall–Kier alpha value is -0.0800. The molecule has 0 amide bonds. The van der Waals surface area contributed by atoms with Gasteiger partial charge in [-0.2, -0.15) is 0 Å².